The fourth-order valence-electron chi connectivity index (χ4n) is 2.93. The van der Waals surface area contributed by atoms with Crippen molar-refractivity contribution in [1.29, 1.82) is 5.26 Å². The van der Waals surface area contributed by atoms with Crippen LogP contribution in [0.25, 0.3) is 0 Å². The minimum absolute atomic E-state index is 0.568. The van der Waals surface area contributed by atoms with Crippen molar-refractivity contribution in [2.75, 3.05) is 45.9 Å². The summed E-state index contributed by atoms with van der Waals surface area (Å²) in [6.45, 7) is 5.87. The molecule has 1 fully saturated rings. The third kappa shape index (κ3) is 5.07. The van der Waals surface area contributed by atoms with Crippen LogP contribution in [-0.2, 0) is 0 Å². The number of rotatable bonds is 7. The molecule has 0 bridgehead atoms. The first-order chi connectivity index (χ1) is 12.2. The zero-order chi connectivity index (χ0) is 17.5. The van der Waals surface area contributed by atoms with Crippen molar-refractivity contribution in [2.45, 2.75) is 6.10 Å². The molecule has 1 aromatic carbocycles. The molecule has 2 heterocycles. The van der Waals surface area contributed by atoms with Gasteiger partial charge in [-0.1, -0.05) is 0 Å². The maximum absolute atomic E-state index is 10.1. The molecule has 0 amide bonds. The quantitative estimate of drug-likeness (QED) is 0.829. The second-order valence-electron chi connectivity index (χ2n) is 6.16. The Morgan fingerprint density at radius 1 is 1.12 bits per heavy atom. The third-order valence-electron chi connectivity index (χ3n) is 4.43. The normalized spacial score (nSPS) is 17.1. The van der Waals surface area contributed by atoms with Crippen molar-refractivity contribution in [3.8, 4) is 11.8 Å². The van der Waals surface area contributed by atoms with Crippen molar-refractivity contribution < 1.29 is 14.3 Å². The summed E-state index contributed by atoms with van der Waals surface area (Å²) in [6, 6.07) is 12.9. The van der Waals surface area contributed by atoms with Crippen LogP contribution in [0, 0.1) is 11.3 Å². The summed E-state index contributed by atoms with van der Waals surface area (Å²) in [7, 11) is 0. The molecule has 1 saturated heterocycles. The molecule has 6 nitrogen and oxygen atoms in total. The van der Waals surface area contributed by atoms with Crippen LogP contribution in [0.2, 0.25) is 0 Å². The molecule has 1 N–H and O–H groups in total. The summed E-state index contributed by atoms with van der Waals surface area (Å²) >= 11 is 0. The monoisotopic (exact) mass is 341 g/mol. The molecule has 0 unspecified atom stereocenters. The summed E-state index contributed by atoms with van der Waals surface area (Å²) in [5, 5.41) is 18.9. The highest BCUT2D eigenvalue weighted by molar-refractivity contribution is 5.34. The number of nitriles is 1. The van der Waals surface area contributed by atoms with E-state index in [1.165, 1.54) is 0 Å². The van der Waals surface area contributed by atoms with E-state index >= 15 is 0 Å². The number of aliphatic hydroxyl groups is 1. The smallest absolute Gasteiger partial charge is 0.133 e. The Balaban J connectivity index is 1.34. The summed E-state index contributed by atoms with van der Waals surface area (Å²) in [4.78, 5) is 4.62. The third-order valence-corrected chi connectivity index (χ3v) is 4.43. The fourth-order valence-corrected chi connectivity index (χ4v) is 2.93. The Labute approximate surface area is 147 Å². The van der Waals surface area contributed by atoms with Gasteiger partial charge in [-0.05, 0) is 36.4 Å². The molecule has 132 valence electrons. The van der Waals surface area contributed by atoms with Gasteiger partial charge in [-0.2, -0.15) is 5.26 Å². The van der Waals surface area contributed by atoms with E-state index in [2.05, 4.69) is 15.9 Å². The maximum atomic E-state index is 10.1. The lowest BCUT2D eigenvalue weighted by Crippen LogP contribution is -2.48. The van der Waals surface area contributed by atoms with E-state index in [0.29, 0.717) is 24.5 Å². The molecule has 0 aliphatic carbocycles. The van der Waals surface area contributed by atoms with Crippen LogP contribution < -0.4 is 4.74 Å². The lowest BCUT2D eigenvalue weighted by Gasteiger charge is -2.35. The van der Waals surface area contributed by atoms with Gasteiger partial charge in [0.15, 0.2) is 0 Å². The molecule has 1 atom stereocenters. The van der Waals surface area contributed by atoms with Crippen molar-refractivity contribution in [2.24, 2.45) is 0 Å². The zero-order valence-corrected chi connectivity index (χ0v) is 14.2. The Kier molecular flexibility index (Phi) is 6.07. The van der Waals surface area contributed by atoms with Crippen LogP contribution in [-0.4, -0.2) is 60.8 Å². The molecule has 25 heavy (non-hydrogen) atoms. The standard InChI is InChI=1S/C19H23N3O3/c20-14-16-3-5-17(6-4-16)24-13-11-21-7-9-22(10-8-21)15-18(23)19-2-1-12-25-19/h1-6,12,18,23H,7-11,13,15H2/t18-/m0/s1. The summed E-state index contributed by atoms with van der Waals surface area (Å²) < 4.78 is 11.0. The van der Waals surface area contributed by atoms with Crippen molar-refractivity contribution in [3.05, 3.63) is 54.0 Å². The van der Waals surface area contributed by atoms with Gasteiger partial charge in [0.25, 0.3) is 0 Å². The second kappa shape index (κ2) is 8.67. The number of hydrogen-bond donors (Lipinski definition) is 1. The van der Waals surface area contributed by atoms with Crippen molar-refractivity contribution in [3.63, 3.8) is 0 Å². The Morgan fingerprint density at radius 2 is 1.84 bits per heavy atom. The van der Waals surface area contributed by atoms with E-state index in [4.69, 9.17) is 14.4 Å². The molecule has 3 rings (SSSR count). The number of benzene rings is 1. The van der Waals surface area contributed by atoms with Crippen LogP contribution in [0.4, 0.5) is 0 Å². The van der Waals surface area contributed by atoms with E-state index in [0.717, 1.165) is 38.5 Å². The van der Waals surface area contributed by atoms with Gasteiger partial charge in [0.2, 0.25) is 0 Å². The van der Waals surface area contributed by atoms with Gasteiger partial charge >= 0.3 is 0 Å². The van der Waals surface area contributed by atoms with E-state index < -0.39 is 6.10 Å². The van der Waals surface area contributed by atoms with Crippen LogP contribution in [0.5, 0.6) is 5.75 Å². The predicted molar refractivity (Wildman–Crippen MR) is 93.2 cm³/mol. The second-order valence-corrected chi connectivity index (χ2v) is 6.16. The molecule has 6 heteroatoms. The highest BCUT2D eigenvalue weighted by Crippen LogP contribution is 2.16. The molecule has 0 spiro atoms. The number of hydrogen-bond acceptors (Lipinski definition) is 6. The van der Waals surface area contributed by atoms with Gasteiger partial charge in [0, 0.05) is 39.3 Å². The predicted octanol–water partition coefficient (Wildman–Crippen LogP) is 1.88. The highest BCUT2D eigenvalue weighted by atomic mass is 16.5. The fraction of sp³-hybridized carbons (Fsp3) is 0.421. The summed E-state index contributed by atoms with van der Waals surface area (Å²) in [5.41, 5.74) is 0.639. The largest absolute Gasteiger partial charge is 0.492 e. The Hall–Kier alpha value is -2.33. The SMILES string of the molecule is N#Cc1ccc(OCCN2CCN(C[C@H](O)c3ccco3)CC2)cc1. The minimum atomic E-state index is -0.568. The van der Waals surface area contributed by atoms with Crippen molar-refractivity contribution >= 4 is 0 Å². The van der Waals surface area contributed by atoms with Crippen LogP contribution in [0.3, 0.4) is 0 Å². The van der Waals surface area contributed by atoms with Gasteiger partial charge < -0.3 is 14.3 Å². The highest BCUT2D eigenvalue weighted by Gasteiger charge is 2.20. The molecule has 0 saturated carbocycles. The summed E-state index contributed by atoms with van der Waals surface area (Å²) in [6.07, 6.45) is 1.02. The molecule has 0 radical (unpaired) electrons. The van der Waals surface area contributed by atoms with Gasteiger partial charge in [-0.3, -0.25) is 9.80 Å². The average molecular weight is 341 g/mol. The first kappa shape index (κ1) is 17.5. The van der Waals surface area contributed by atoms with E-state index in [1.54, 1.807) is 30.5 Å². The molecular formula is C19H23N3O3. The number of nitrogens with zero attached hydrogens (tertiary/aromatic N) is 3. The lowest BCUT2D eigenvalue weighted by atomic mass is 10.2. The van der Waals surface area contributed by atoms with Gasteiger partial charge in [0.05, 0.1) is 17.9 Å². The molecule has 1 aliphatic heterocycles. The number of furan rings is 1. The van der Waals surface area contributed by atoms with Crippen molar-refractivity contribution in [1.82, 2.24) is 9.80 Å². The minimum Gasteiger partial charge on any atom is -0.492 e. The average Bonchev–Trinajstić information content (AvgIpc) is 3.19. The molecule has 2 aromatic rings. The van der Waals surface area contributed by atoms with E-state index in [-0.39, 0.29) is 0 Å². The number of piperazine rings is 1. The van der Waals surface area contributed by atoms with E-state index in [1.807, 2.05) is 12.1 Å². The summed E-state index contributed by atoms with van der Waals surface area (Å²) in [5.74, 6) is 1.41. The van der Waals surface area contributed by atoms with Crippen LogP contribution in [0.1, 0.15) is 17.4 Å². The Morgan fingerprint density at radius 3 is 2.48 bits per heavy atom. The molecule has 1 aliphatic rings. The number of ether oxygens (including phenoxy) is 1. The van der Waals surface area contributed by atoms with Crippen LogP contribution >= 0.6 is 0 Å². The first-order valence-corrected chi connectivity index (χ1v) is 8.54. The zero-order valence-electron chi connectivity index (χ0n) is 14.2. The topological polar surface area (TPSA) is 72.9 Å². The molecule has 1 aromatic heterocycles. The Bertz CT molecular complexity index is 671. The molecular weight excluding hydrogens is 318 g/mol. The van der Waals surface area contributed by atoms with Gasteiger partial charge in [0.1, 0.15) is 24.2 Å². The van der Waals surface area contributed by atoms with Crippen LogP contribution in [0.15, 0.2) is 47.1 Å². The first-order valence-electron chi connectivity index (χ1n) is 8.54. The number of aliphatic hydroxyl groups excluding tert-OH is 1. The lowest BCUT2D eigenvalue weighted by molar-refractivity contribution is 0.0580. The number of β-amino-alcohol motifs (C(OH)–C–C–N with tert-alkyl or cyclic N) is 1. The van der Waals surface area contributed by atoms with Gasteiger partial charge in [-0.15, -0.1) is 0 Å². The van der Waals surface area contributed by atoms with Gasteiger partial charge in [-0.25, -0.2) is 0 Å². The maximum Gasteiger partial charge on any atom is 0.133 e. The van der Waals surface area contributed by atoms with E-state index in [9.17, 15) is 5.11 Å².